The summed E-state index contributed by atoms with van der Waals surface area (Å²) in [7, 11) is 0. The number of halogens is 1. The fourth-order valence-corrected chi connectivity index (χ4v) is 2.77. The first kappa shape index (κ1) is 18.5. The van der Waals surface area contributed by atoms with Crippen LogP contribution in [0.2, 0.25) is 0 Å². The number of rotatable bonds is 5. The van der Waals surface area contributed by atoms with Crippen LogP contribution < -0.4 is 10.1 Å². The largest absolute Gasteiger partial charge is 0.478 e. The second-order valence-corrected chi connectivity index (χ2v) is 6.29. The quantitative estimate of drug-likeness (QED) is 0.429. The summed E-state index contributed by atoms with van der Waals surface area (Å²) in [5.74, 6) is 0.120. The molecule has 1 amide bonds. The summed E-state index contributed by atoms with van der Waals surface area (Å²) in [4.78, 5) is 12.3. The lowest BCUT2D eigenvalue weighted by Crippen LogP contribution is -2.13. The van der Waals surface area contributed by atoms with Crippen molar-refractivity contribution in [3.8, 4) is 17.9 Å². The summed E-state index contributed by atoms with van der Waals surface area (Å²) in [6, 6.07) is 16.4. The zero-order valence-electron chi connectivity index (χ0n) is 13.4. The predicted molar refractivity (Wildman–Crippen MR) is 104 cm³/mol. The maximum Gasteiger partial charge on any atom is 0.266 e. The monoisotopic (exact) mass is 443 g/mol. The normalized spacial score (nSPS) is 10.5. The highest BCUT2D eigenvalue weighted by atomic mass is 127. The van der Waals surface area contributed by atoms with Crippen LogP contribution in [0, 0.1) is 33.2 Å². The van der Waals surface area contributed by atoms with Gasteiger partial charge in [0.25, 0.3) is 5.91 Å². The van der Waals surface area contributed by atoms with Crippen molar-refractivity contribution in [2.75, 3.05) is 11.9 Å². The molecule has 0 saturated heterocycles. The van der Waals surface area contributed by atoms with E-state index in [4.69, 9.17) is 10.00 Å². The smallest absolute Gasteiger partial charge is 0.266 e. The van der Waals surface area contributed by atoms with Crippen molar-refractivity contribution >= 4 is 40.3 Å². The number of ether oxygens (including phenoxy) is 1. The minimum absolute atomic E-state index is 0.00278. The topological polar surface area (TPSA) is 85.9 Å². The molecule has 5 nitrogen and oxygen atoms in total. The summed E-state index contributed by atoms with van der Waals surface area (Å²) in [6.45, 7) is 1.89. The van der Waals surface area contributed by atoms with E-state index in [0.717, 1.165) is 9.13 Å². The van der Waals surface area contributed by atoms with Gasteiger partial charge in [0.15, 0.2) is 6.61 Å². The van der Waals surface area contributed by atoms with Gasteiger partial charge >= 0.3 is 0 Å². The molecule has 0 fully saturated rings. The zero-order valence-corrected chi connectivity index (χ0v) is 15.6. The van der Waals surface area contributed by atoms with Gasteiger partial charge in [-0.3, -0.25) is 4.79 Å². The van der Waals surface area contributed by atoms with Crippen molar-refractivity contribution in [2.45, 2.75) is 6.92 Å². The molecule has 0 saturated carbocycles. The molecule has 2 rings (SSSR count). The number of carbonyl (C=O) groups is 1. The number of nitrogens with one attached hydrogen (secondary N) is 1. The Balaban J connectivity index is 2.19. The van der Waals surface area contributed by atoms with E-state index in [1.54, 1.807) is 24.3 Å². The summed E-state index contributed by atoms with van der Waals surface area (Å²) >= 11 is 2.08. The molecular weight excluding hydrogens is 429 g/mol. The minimum atomic E-state index is -0.465. The Morgan fingerprint density at radius 2 is 2.08 bits per heavy atom. The maximum absolute atomic E-state index is 12.3. The Kier molecular flexibility index (Phi) is 6.55. The van der Waals surface area contributed by atoms with E-state index in [0.29, 0.717) is 17.0 Å². The third-order valence-electron chi connectivity index (χ3n) is 3.20. The molecule has 0 bridgehead atoms. The molecule has 2 aromatic carbocycles. The van der Waals surface area contributed by atoms with Crippen LogP contribution in [0.3, 0.4) is 0 Å². The molecule has 0 aliphatic carbocycles. The SMILES string of the molecule is Cc1cccc(NC(=O)/C(C#N)=C\c2ccc(OCC#N)c(I)c2)c1. The second-order valence-electron chi connectivity index (χ2n) is 5.13. The number of carbonyl (C=O) groups excluding carboxylic acids is 1. The Hall–Kier alpha value is -2.84. The lowest BCUT2D eigenvalue weighted by Gasteiger charge is -2.07. The molecule has 0 spiro atoms. The standard InChI is InChI=1S/C19H14IN3O2/c1-13-3-2-4-16(9-13)23-19(24)15(12-22)10-14-5-6-18(17(20)11-14)25-8-7-21/h2-6,9-11H,8H2,1H3,(H,23,24)/b15-10-. The van der Waals surface area contributed by atoms with E-state index < -0.39 is 5.91 Å². The summed E-state index contributed by atoms with van der Waals surface area (Å²) in [6.07, 6.45) is 1.52. The average molecular weight is 443 g/mol. The number of nitrogens with zero attached hydrogens (tertiary/aromatic N) is 2. The molecule has 0 unspecified atom stereocenters. The lowest BCUT2D eigenvalue weighted by molar-refractivity contribution is -0.112. The molecule has 0 aliphatic rings. The van der Waals surface area contributed by atoms with Gasteiger partial charge in [-0.15, -0.1) is 0 Å². The maximum atomic E-state index is 12.3. The zero-order chi connectivity index (χ0) is 18.2. The van der Waals surface area contributed by atoms with Crippen LogP contribution in [0.5, 0.6) is 5.75 Å². The van der Waals surface area contributed by atoms with Gasteiger partial charge in [-0.05, 0) is 71.0 Å². The second kappa shape index (κ2) is 8.86. The van der Waals surface area contributed by atoms with Crippen LogP contribution in [-0.4, -0.2) is 12.5 Å². The van der Waals surface area contributed by atoms with Gasteiger partial charge in [0.1, 0.15) is 23.5 Å². The first-order valence-corrected chi connectivity index (χ1v) is 8.40. The van der Waals surface area contributed by atoms with Gasteiger partial charge in [0.2, 0.25) is 0 Å². The highest BCUT2D eigenvalue weighted by molar-refractivity contribution is 14.1. The van der Waals surface area contributed by atoms with Gasteiger partial charge in [0.05, 0.1) is 3.57 Å². The Morgan fingerprint density at radius 3 is 2.72 bits per heavy atom. The van der Waals surface area contributed by atoms with Gasteiger partial charge < -0.3 is 10.1 Å². The highest BCUT2D eigenvalue weighted by Crippen LogP contribution is 2.23. The molecule has 25 heavy (non-hydrogen) atoms. The molecule has 2 aromatic rings. The van der Waals surface area contributed by atoms with Crippen LogP contribution in [0.1, 0.15) is 11.1 Å². The van der Waals surface area contributed by atoms with Crippen molar-refractivity contribution in [1.29, 1.82) is 10.5 Å². The molecule has 0 atom stereocenters. The van der Waals surface area contributed by atoms with Crippen molar-refractivity contribution < 1.29 is 9.53 Å². The fraction of sp³-hybridized carbons (Fsp3) is 0.105. The number of aryl methyl sites for hydroxylation is 1. The molecular formula is C19H14IN3O2. The first-order valence-electron chi connectivity index (χ1n) is 7.32. The third-order valence-corrected chi connectivity index (χ3v) is 4.04. The minimum Gasteiger partial charge on any atom is -0.478 e. The van der Waals surface area contributed by atoms with Crippen LogP contribution in [0.15, 0.2) is 48.0 Å². The molecule has 0 radical (unpaired) electrons. The molecule has 0 heterocycles. The van der Waals surface area contributed by atoms with Crippen LogP contribution in [0.4, 0.5) is 5.69 Å². The molecule has 6 heteroatoms. The number of benzene rings is 2. The van der Waals surface area contributed by atoms with Gasteiger partial charge in [-0.1, -0.05) is 18.2 Å². The Labute approximate surface area is 159 Å². The van der Waals surface area contributed by atoms with Crippen molar-refractivity contribution in [3.63, 3.8) is 0 Å². The number of anilines is 1. The van der Waals surface area contributed by atoms with Gasteiger partial charge in [-0.2, -0.15) is 10.5 Å². The van der Waals surface area contributed by atoms with Crippen LogP contribution in [0.25, 0.3) is 6.08 Å². The van der Waals surface area contributed by atoms with Crippen molar-refractivity contribution in [3.05, 3.63) is 62.7 Å². The van der Waals surface area contributed by atoms with E-state index in [1.165, 1.54) is 6.08 Å². The van der Waals surface area contributed by atoms with Gasteiger partial charge in [-0.25, -0.2) is 0 Å². The molecule has 0 aliphatic heterocycles. The summed E-state index contributed by atoms with van der Waals surface area (Å²) in [5.41, 5.74) is 2.36. The third kappa shape index (κ3) is 5.33. The van der Waals surface area contributed by atoms with Crippen molar-refractivity contribution in [2.24, 2.45) is 0 Å². The first-order chi connectivity index (χ1) is 12.0. The van der Waals surface area contributed by atoms with E-state index in [9.17, 15) is 10.1 Å². The Bertz CT molecular complexity index is 908. The average Bonchev–Trinajstić information content (AvgIpc) is 2.58. The summed E-state index contributed by atoms with van der Waals surface area (Å²) in [5, 5.41) is 20.6. The van der Waals surface area contributed by atoms with E-state index in [-0.39, 0.29) is 12.2 Å². The fourth-order valence-electron chi connectivity index (χ4n) is 2.07. The molecule has 0 aromatic heterocycles. The van der Waals surface area contributed by atoms with Gasteiger partial charge in [0, 0.05) is 5.69 Å². The predicted octanol–water partition coefficient (Wildman–Crippen LogP) is 4.05. The van der Waals surface area contributed by atoms with E-state index in [1.807, 2.05) is 37.3 Å². The summed E-state index contributed by atoms with van der Waals surface area (Å²) < 4.78 is 6.07. The number of nitriles is 2. The number of amides is 1. The van der Waals surface area contributed by atoms with Crippen LogP contribution in [-0.2, 0) is 4.79 Å². The Morgan fingerprint density at radius 1 is 1.28 bits per heavy atom. The number of hydrogen-bond donors (Lipinski definition) is 1. The van der Waals surface area contributed by atoms with E-state index in [2.05, 4.69) is 27.9 Å². The number of hydrogen-bond acceptors (Lipinski definition) is 4. The van der Waals surface area contributed by atoms with Crippen LogP contribution >= 0.6 is 22.6 Å². The highest BCUT2D eigenvalue weighted by Gasteiger charge is 2.10. The molecule has 1 N–H and O–H groups in total. The lowest BCUT2D eigenvalue weighted by atomic mass is 10.1. The molecule has 124 valence electrons. The van der Waals surface area contributed by atoms with E-state index >= 15 is 0 Å². The van der Waals surface area contributed by atoms with Crippen molar-refractivity contribution in [1.82, 2.24) is 0 Å².